The highest BCUT2D eigenvalue weighted by molar-refractivity contribution is 7.92. The first-order chi connectivity index (χ1) is 17.2. The summed E-state index contributed by atoms with van der Waals surface area (Å²) in [6.07, 6.45) is 2.28. The molecule has 3 aromatic rings. The number of rotatable bonds is 5. The van der Waals surface area contributed by atoms with Crippen LogP contribution in [-0.2, 0) is 23.0 Å². The first-order valence-corrected chi connectivity index (χ1v) is 13.8. The molecule has 5 rings (SSSR count). The fraction of sp³-hybridized carbons (Fsp3) is 0.333. The molecule has 0 saturated carbocycles. The second-order valence-corrected chi connectivity index (χ2v) is 11.6. The van der Waals surface area contributed by atoms with E-state index < -0.39 is 10.0 Å². The standard InChI is InChI=1S/C27H31N5O3S/c1-18(28)31-11-8-24(9-12-31)35-25-6-7-26-21(16-25)10-13-36(33,34)32(26)17-19-2-3-20-4-5-22(27(29)30)15-23(20)14-19/h2-7,14-16,24,28H,8-13,17H2,1H3,(H3,29,30). The predicted molar refractivity (Wildman–Crippen MR) is 144 cm³/mol. The Balaban J connectivity index is 1.37. The lowest BCUT2D eigenvalue weighted by molar-refractivity contribution is 0.130. The van der Waals surface area contributed by atoms with Crippen LogP contribution in [0.1, 0.15) is 36.5 Å². The summed E-state index contributed by atoms with van der Waals surface area (Å²) in [4.78, 5) is 2.06. The van der Waals surface area contributed by atoms with Gasteiger partial charge in [-0.2, -0.15) is 0 Å². The summed E-state index contributed by atoms with van der Waals surface area (Å²) in [6, 6.07) is 17.2. The summed E-state index contributed by atoms with van der Waals surface area (Å²) in [5.41, 5.74) is 8.82. The normalized spacial score (nSPS) is 17.6. The van der Waals surface area contributed by atoms with Gasteiger partial charge in [0.15, 0.2) is 0 Å². The van der Waals surface area contributed by atoms with Crippen molar-refractivity contribution in [3.63, 3.8) is 0 Å². The number of hydrogen-bond acceptors (Lipinski definition) is 5. The maximum atomic E-state index is 13.1. The highest BCUT2D eigenvalue weighted by atomic mass is 32.2. The molecule has 1 fully saturated rings. The minimum atomic E-state index is -3.45. The van der Waals surface area contributed by atoms with Crippen LogP contribution in [0.4, 0.5) is 5.69 Å². The molecule has 4 N–H and O–H groups in total. The molecule has 0 unspecified atom stereocenters. The van der Waals surface area contributed by atoms with Crippen molar-refractivity contribution >= 4 is 38.2 Å². The van der Waals surface area contributed by atoms with Crippen molar-refractivity contribution in [2.45, 2.75) is 38.8 Å². The minimum Gasteiger partial charge on any atom is -0.490 e. The molecule has 188 valence electrons. The van der Waals surface area contributed by atoms with Gasteiger partial charge >= 0.3 is 0 Å². The molecule has 0 radical (unpaired) electrons. The average Bonchev–Trinajstić information content (AvgIpc) is 2.85. The minimum absolute atomic E-state index is 0.00301. The van der Waals surface area contributed by atoms with Gasteiger partial charge in [-0.15, -0.1) is 0 Å². The van der Waals surface area contributed by atoms with Crippen LogP contribution in [0.25, 0.3) is 10.8 Å². The molecule has 2 heterocycles. The number of likely N-dealkylation sites (tertiary alicyclic amines) is 1. The van der Waals surface area contributed by atoms with Crippen molar-refractivity contribution in [1.82, 2.24) is 4.90 Å². The molecule has 0 spiro atoms. The lowest BCUT2D eigenvalue weighted by Crippen LogP contribution is -2.40. The van der Waals surface area contributed by atoms with E-state index in [0.717, 1.165) is 53.6 Å². The second-order valence-electron chi connectivity index (χ2n) is 9.56. The van der Waals surface area contributed by atoms with Gasteiger partial charge in [0.05, 0.1) is 23.8 Å². The number of benzene rings is 3. The number of nitrogens with two attached hydrogens (primary N) is 1. The third-order valence-corrected chi connectivity index (χ3v) is 8.76. The molecule has 8 nitrogen and oxygen atoms in total. The molecule has 9 heteroatoms. The number of amidine groups is 2. The summed E-state index contributed by atoms with van der Waals surface area (Å²) < 4.78 is 33.9. The van der Waals surface area contributed by atoms with E-state index in [2.05, 4.69) is 4.90 Å². The molecule has 0 atom stereocenters. The van der Waals surface area contributed by atoms with Gasteiger partial charge in [-0.05, 0) is 65.6 Å². The van der Waals surface area contributed by atoms with Crippen molar-refractivity contribution in [2.24, 2.45) is 5.73 Å². The number of anilines is 1. The summed E-state index contributed by atoms with van der Waals surface area (Å²) in [7, 11) is -3.45. The zero-order chi connectivity index (χ0) is 25.4. The van der Waals surface area contributed by atoms with E-state index in [-0.39, 0.29) is 24.2 Å². The molecular weight excluding hydrogens is 474 g/mol. The van der Waals surface area contributed by atoms with E-state index in [1.165, 1.54) is 4.31 Å². The molecule has 3 aromatic carbocycles. The molecule has 2 aliphatic rings. The monoisotopic (exact) mass is 505 g/mol. The highest BCUT2D eigenvalue weighted by Gasteiger charge is 2.30. The molecule has 1 saturated heterocycles. The smallest absolute Gasteiger partial charge is 0.235 e. The molecule has 0 amide bonds. The van der Waals surface area contributed by atoms with Gasteiger partial charge in [0.1, 0.15) is 17.7 Å². The lowest BCUT2D eigenvalue weighted by Gasteiger charge is -2.34. The molecule has 0 aliphatic carbocycles. The number of fused-ring (bicyclic) bond motifs is 2. The molecule has 36 heavy (non-hydrogen) atoms. The molecular formula is C27H31N5O3S. The van der Waals surface area contributed by atoms with Crippen LogP contribution in [-0.4, -0.2) is 49.9 Å². The maximum Gasteiger partial charge on any atom is 0.235 e. The maximum absolute atomic E-state index is 13.1. The summed E-state index contributed by atoms with van der Waals surface area (Å²) in [6.45, 7) is 3.68. The average molecular weight is 506 g/mol. The van der Waals surface area contributed by atoms with Crippen LogP contribution in [0, 0.1) is 10.8 Å². The van der Waals surface area contributed by atoms with Crippen LogP contribution < -0.4 is 14.8 Å². The Kier molecular flexibility index (Phi) is 6.34. The van der Waals surface area contributed by atoms with Gasteiger partial charge in [0.2, 0.25) is 10.0 Å². The van der Waals surface area contributed by atoms with Crippen molar-refractivity contribution in [2.75, 3.05) is 23.1 Å². The summed E-state index contributed by atoms with van der Waals surface area (Å²) in [5, 5.41) is 17.4. The molecule has 2 aliphatic heterocycles. The SMILES string of the molecule is CC(=N)N1CCC(Oc2ccc3c(c2)CCS(=O)(=O)N3Cc2ccc3ccc(C(=N)N)cc3c2)CC1. The van der Waals surface area contributed by atoms with Gasteiger partial charge in [0, 0.05) is 31.5 Å². The Bertz CT molecular complexity index is 1450. The van der Waals surface area contributed by atoms with Crippen LogP contribution in [0.3, 0.4) is 0 Å². The zero-order valence-corrected chi connectivity index (χ0v) is 21.1. The summed E-state index contributed by atoms with van der Waals surface area (Å²) >= 11 is 0. The number of nitrogen functional groups attached to an aromatic ring is 1. The van der Waals surface area contributed by atoms with E-state index in [9.17, 15) is 8.42 Å². The van der Waals surface area contributed by atoms with Gasteiger partial charge in [0.25, 0.3) is 0 Å². The van der Waals surface area contributed by atoms with E-state index in [1.54, 1.807) is 0 Å². The Labute approximate surface area is 211 Å². The van der Waals surface area contributed by atoms with E-state index in [1.807, 2.05) is 61.5 Å². The van der Waals surface area contributed by atoms with Crippen molar-refractivity contribution in [3.8, 4) is 5.75 Å². The van der Waals surface area contributed by atoms with Crippen LogP contribution >= 0.6 is 0 Å². The third kappa shape index (κ3) is 4.88. The fourth-order valence-electron chi connectivity index (χ4n) is 4.99. The van der Waals surface area contributed by atoms with Gasteiger partial charge in [-0.1, -0.05) is 24.3 Å². The number of ether oxygens (including phenoxy) is 1. The van der Waals surface area contributed by atoms with Crippen molar-refractivity contribution in [3.05, 3.63) is 71.3 Å². The number of nitrogens with zero attached hydrogens (tertiary/aromatic N) is 2. The van der Waals surface area contributed by atoms with E-state index in [0.29, 0.717) is 23.5 Å². The Morgan fingerprint density at radius 3 is 2.50 bits per heavy atom. The van der Waals surface area contributed by atoms with E-state index in [4.69, 9.17) is 21.3 Å². The van der Waals surface area contributed by atoms with Crippen molar-refractivity contribution in [1.29, 1.82) is 10.8 Å². The number of aryl methyl sites for hydroxylation is 1. The quantitative estimate of drug-likeness (QED) is 0.359. The Morgan fingerprint density at radius 1 is 1.03 bits per heavy atom. The highest BCUT2D eigenvalue weighted by Crippen LogP contribution is 2.35. The van der Waals surface area contributed by atoms with Crippen LogP contribution in [0.2, 0.25) is 0 Å². The topological polar surface area (TPSA) is 124 Å². The molecule has 0 bridgehead atoms. The second kappa shape index (κ2) is 9.46. The molecule has 0 aromatic heterocycles. The number of piperidine rings is 1. The predicted octanol–water partition coefficient (Wildman–Crippen LogP) is 3.86. The fourth-order valence-corrected chi connectivity index (χ4v) is 6.51. The number of hydrogen-bond donors (Lipinski definition) is 3. The largest absolute Gasteiger partial charge is 0.490 e. The first kappa shape index (κ1) is 24.1. The van der Waals surface area contributed by atoms with E-state index >= 15 is 0 Å². The van der Waals surface area contributed by atoms with Gasteiger partial charge < -0.3 is 15.4 Å². The number of nitrogens with one attached hydrogen (secondary N) is 2. The van der Waals surface area contributed by atoms with Crippen molar-refractivity contribution < 1.29 is 13.2 Å². The summed E-state index contributed by atoms with van der Waals surface area (Å²) in [5.74, 6) is 1.42. The third-order valence-electron chi connectivity index (χ3n) is 7.05. The van der Waals surface area contributed by atoms with Gasteiger partial charge in [-0.25, -0.2) is 8.42 Å². The zero-order valence-electron chi connectivity index (χ0n) is 20.3. The number of sulfonamides is 1. The Hall–Kier alpha value is -3.59. The lowest BCUT2D eigenvalue weighted by atomic mass is 10.0. The Morgan fingerprint density at radius 2 is 1.78 bits per heavy atom. The van der Waals surface area contributed by atoms with Crippen LogP contribution in [0.5, 0.6) is 5.75 Å². The van der Waals surface area contributed by atoms with Crippen LogP contribution in [0.15, 0.2) is 54.6 Å². The van der Waals surface area contributed by atoms with Gasteiger partial charge in [-0.3, -0.25) is 15.1 Å². The first-order valence-electron chi connectivity index (χ1n) is 12.2.